The van der Waals surface area contributed by atoms with Crippen molar-refractivity contribution in [3.63, 3.8) is 0 Å². The normalized spacial score (nSPS) is 49.2. The first-order chi connectivity index (χ1) is 15.1. The van der Waals surface area contributed by atoms with Crippen molar-refractivity contribution < 1.29 is 14.7 Å². The Hall–Kier alpha value is -0.700. The van der Waals surface area contributed by atoms with Gasteiger partial charge in [0, 0.05) is 23.7 Å². The van der Waals surface area contributed by atoms with Gasteiger partial charge < -0.3 is 5.11 Å². The molecule has 0 aromatic rings. The Morgan fingerprint density at radius 3 is 2.18 bits per heavy atom. The first-order valence-electron chi connectivity index (χ1n) is 13.9. The summed E-state index contributed by atoms with van der Waals surface area (Å²) in [6.45, 7) is 18.2. The van der Waals surface area contributed by atoms with E-state index in [9.17, 15) is 14.7 Å². The number of hydrogen-bond acceptors (Lipinski definition) is 3. The summed E-state index contributed by atoms with van der Waals surface area (Å²) in [5.74, 6) is 2.12. The summed E-state index contributed by atoms with van der Waals surface area (Å²) in [5, 5.41) is 10.8. The quantitative estimate of drug-likeness (QED) is 0.493. The van der Waals surface area contributed by atoms with Crippen LogP contribution in [0, 0.1) is 50.7 Å². The first kappa shape index (κ1) is 25.4. The molecule has 33 heavy (non-hydrogen) atoms. The second kappa shape index (κ2) is 7.90. The summed E-state index contributed by atoms with van der Waals surface area (Å²) < 4.78 is 0. The molecule has 1 N–H and O–H groups in total. The highest BCUT2D eigenvalue weighted by Crippen LogP contribution is 2.74. The van der Waals surface area contributed by atoms with Gasteiger partial charge in [0.2, 0.25) is 0 Å². The molecular weight excluding hydrogens is 408 g/mol. The fourth-order valence-corrected chi connectivity index (χ4v) is 9.82. The molecule has 3 nitrogen and oxygen atoms in total. The molecule has 0 bridgehead atoms. The highest BCUT2D eigenvalue weighted by molar-refractivity contribution is 5.89. The van der Waals surface area contributed by atoms with Crippen LogP contribution in [0.4, 0.5) is 0 Å². The standard InChI is InChI=1S/C30H50O3/c1-19(2)21(31)11-14-27(5)17-18-29(7)20(25(27)33)9-10-23-28(6)15-13-24(32)26(3,4)22(28)12-16-30(23,29)8/h19-20,22-24,32H,9-18H2,1-8H3/t20-,22+,23-,24+,27-,28+,29-,30-/m1/s1. The number of rotatable bonds is 4. The van der Waals surface area contributed by atoms with Gasteiger partial charge in [-0.25, -0.2) is 0 Å². The lowest BCUT2D eigenvalue weighted by Crippen LogP contribution is -2.66. The SMILES string of the molecule is CC(C)C(=O)CC[C@]1(C)CC[C@]2(C)[C@H](CC[C@@H]3[C@@]4(C)CC[C@H](O)C(C)(C)[C@@H]4CC[C@]32C)C1=O. The molecule has 0 radical (unpaired) electrons. The largest absolute Gasteiger partial charge is 0.393 e. The predicted octanol–water partition coefficient (Wildman–Crippen LogP) is 7.00. The maximum atomic E-state index is 14.1. The van der Waals surface area contributed by atoms with Crippen LogP contribution in [0.25, 0.3) is 0 Å². The van der Waals surface area contributed by atoms with Gasteiger partial charge in [-0.1, -0.05) is 55.4 Å². The average Bonchev–Trinajstić information content (AvgIpc) is 2.73. The van der Waals surface area contributed by atoms with E-state index in [-0.39, 0.29) is 45.0 Å². The zero-order valence-electron chi connectivity index (χ0n) is 22.7. The van der Waals surface area contributed by atoms with Crippen molar-refractivity contribution in [3.8, 4) is 0 Å². The number of fused-ring (bicyclic) bond motifs is 5. The lowest BCUT2D eigenvalue weighted by Gasteiger charge is -2.71. The Bertz CT molecular complexity index is 813. The molecule has 0 spiro atoms. The fourth-order valence-electron chi connectivity index (χ4n) is 9.82. The topological polar surface area (TPSA) is 54.4 Å². The van der Waals surface area contributed by atoms with Gasteiger partial charge in [-0.05, 0) is 91.3 Å². The summed E-state index contributed by atoms with van der Waals surface area (Å²) >= 11 is 0. The van der Waals surface area contributed by atoms with E-state index in [1.807, 2.05) is 13.8 Å². The molecule has 0 heterocycles. The molecule has 4 aliphatic carbocycles. The van der Waals surface area contributed by atoms with Crippen molar-refractivity contribution in [2.24, 2.45) is 50.7 Å². The predicted molar refractivity (Wildman–Crippen MR) is 134 cm³/mol. The van der Waals surface area contributed by atoms with E-state index >= 15 is 0 Å². The van der Waals surface area contributed by atoms with Crippen molar-refractivity contribution in [2.75, 3.05) is 0 Å². The molecule has 0 amide bonds. The Labute approximate surface area is 202 Å². The zero-order valence-corrected chi connectivity index (χ0v) is 22.7. The van der Waals surface area contributed by atoms with Crippen molar-refractivity contribution in [1.82, 2.24) is 0 Å². The van der Waals surface area contributed by atoms with Gasteiger partial charge in [-0.15, -0.1) is 0 Å². The van der Waals surface area contributed by atoms with Gasteiger partial charge in [-0.2, -0.15) is 0 Å². The van der Waals surface area contributed by atoms with E-state index < -0.39 is 0 Å². The maximum absolute atomic E-state index is 14.1. The Kier molecular flexibility index (Phi) is 6.08. The van der Waals surface area contributed by atoms with Gasteiger partial charge in [0.05, 0.1) is 6.10 Å². The second-order valence-electron chi connectivity index (χ2n) is 14.5. The highest BCUT2D eigenvalue weighted by Gasteiger charge is 2.69. The fraction of sp³-hybridized carbons (Fsp3) is 0.933. The van der Waals surface area contributed by atoms with E-state index in [1.165, 1.54) is 12.8 Å². The van der Waals surface area contributed by atoms with Gasteiger partial charge >= 0.3 is 0 Å². The molecule has 3 heteroatoms. The molecule has 0 saturated heterocycles. The number of Topliss-reactive ketones (excluding diaryl/α,β-unsaturated/α-hetero) is 2. The minimum Gasteiger partial charge on any atom is -0.393 e. The zero-order chi connectivity index (χ0) is 24.6. The van der Waals surface area contributed by atoms with Crippen LogP contribution in [0.1, 0.15) is 120 Å². The summed E-state index contributed by atoms with van der Waals surface area (Å²) in [7, 11) is 0. The number of ketones is 2. The molecule has 0 aromatic heterocycles. The van der Waals surface area contributed by atoms with Gasteiger partial charge in [0.25, 0.3) is 0 Å². The molecule has 0 unspecified atom stereocenters. The molecule has 0 aromatic carbocycles. The summed E-state index contributed by atoms with van der Waals surface area (Å²) in [6, 6.07) is 0. The summed E-state index contributed by atoms with van der Waals surface area (Å²) in [4.78, 5) is 26.4. The second-order valence-corrected chi connectivity index (χ2v) is 14.5. The van der Waals surface area contributed by atoms with E-state index in [0.717, 1.165) is 44.9 Å². The summed E-state index contributed by atoms with van der Waals surface area (Å²) in [6.07, 6.45) is 9.63. The lowest BCUT2D eigenvalue weighted by molar-refractivity contribution is -0.232. The number of aliphatic hydroxyl groups is 1. The number of carbonyl (C=O) groups excluding carboxylic acids is 2. The Balaban J connectivity index is 1.61. The Morgan fingerprint density at radius 1 is 0.879 bits per heavy atom. The lowest BCUT2D eigenvalue weighted by atomic mass is 9.33. The molecule has 4 fully saturated rings. The van der Waals surface area contributed by atoms with Crippen LogP contribution in [0.3, 0.4) is 0 Å². The van der Waals surface area contributed by atoms with Crippen LogP contribution in [-0.4, -0.2) is 22.8 Å². The molecule has 188 valence electrons. The van der Waals surface area contributed by atoms with Crippen molar-refractivity contribution in [1.29, 1.82) is 0 Å². The van der Waals surface area contributed by atoms with Crippen LogP contribution in [0.2, 0.25) is 0 Å². The van der Waals surface area contributed by atoms with Crippen LogP contribution >= 0.6 is 0 Å². The van der Waals surface area contributed by atoms with Crippen LogP contribution in [-0.2, 0) is 9.59 Å². The number of aliphatic hydroxyl groups excluding tert-OH is 1. The van der Waals surface area contributed by atoms with Crippen molar-refractivity contribution in [3.05, 3.63) is 0 Å². The van der Waals surface area contributed by atoms with E-state index in [0.29, 0.717) is 29.8 Å². The minimum absolute atomic E-state index is 0.0318. The number of carbonyl (C=O) groups is 2. The summed E-state index contributed by atoms with van der Waals surface area (Å²) in [5.41, 5.74) is 0.0934. The smallest absolute Gasteiger partial charge is 0.142 e. The highest BCUT2D eigenvalue weighted by atomic mass is 16.3. The van der Waals surface area contributed by atoms with Gasteiger partial charge in [0.15, 0.2) is 0 Å². The van der Waals surface area contributed by atoms with Crippen molar-refractivity contribution in [2.45, 2.75) is 126 Å². The van der Waals surface area contributed by atoms with Gasteiger partial charge in [-0.3, -0.25) is 9.59 Å². The Morgan fingerprint density at radius 2 is 1.55 bits per heavy atom. The van der Waals surface area contributed by atoms with Crippen molar-refractivity contribution >= 4 is 11.6 Å². The van der Waals surface area contributed by atoms with Crippen LogP contribution in [0.5, 0.6) is 0 Å². The molecule has 4 aliphatic rings. The third-order valence-electron chi connectivity index (χ3n) is 12.5. The van der Waals surface area contributed by atoms with E-state index in [2.05, 4.69) is 41.5 Å². The maximum Gasteiger partial charge on any atom is 0.142 e. The molecule has 8 atom stereocenters. The molecule has 4 rings (SSSR count). The average molecular weight is 459 g/mol. The van der Waals surface area contributed by atoms with Crippen LogP contribution < -0.4 is 0 Å². The molecule has 0 aliphatic heterocycles. The molecular formula is C30H50O3. The van der Waals surface area contributed by atoms with Crippen LogP contribution in [0.15, 0.2) is 0 Å². The minimum atomic E-state index is -0.337. The first-order valence-corrected chi connectivity index (χ1v) is 13.9. The number of hydrogen-bond donors (Lipinski definition) is 1. The molecule has 4 saturated carbocycles. The van der Waals surface area contributed by atoms with E-state index in [1.54, 1.807) is 0 Å². The van der Waals surface area contributed by atoms with Gasteiger partial charge in [0.1, 0.15) is 11.6 Å². The third-order valence-corrected chi connectivity index (χ3v) is 12.5. The third kappa shape index (κ3) is 3.45. The van der Waals surface area contributed by atoms with E-state index in [4.69, 9.17) is 0 Å². The monoisotopic (exact) mass is 458 g/mol.